The molecule has 51 heavy (non-hydrogen) atoms. The molecular formula is C39H68N2O10. The zero-order valence-electron chi connectivity index (χ0n) is 33.0. The fraction of sp³-hybridized carbons (Fsp3) is 0.821. The molecule has 5 aliphatic rings. The molecule has 294 valence electrons. The molecule has 4 aliphatic carbocycles. The first kappa shape index (κ1) is 47.8. The molecule has 12 nitrogen and oxygen atoms in total. The number of oxime groups is 1. The second kappa shape index (κ2) is 24.2. The number of carboxylic acids is 1. The predicted octanol–water partition coefficient (Wildman–Crippen LogP) is 7.52. The number of carbonyl (C=O) groups excluding carboxylic acids is 5. The van der Waals surface area contributed by atoms with E-state index in [0.717, 1.165) is 82.8 Å². The van der Waals surface area contributed by atoms with Crippen molar-refractivity contribution in [2.75, 3.05) is 13.2 Å². The van der Waals surface area contributed by atoms with Crippen molar-refractivity contribution in [3.8, 4) is 0 Å². The van der Waals surface area contributed by atoms with Gasteiger partial charge in [-0.05, 0) is 92.4 Å². The summed E-state index contributed by atoms with van der Waals surface area (Å²) in [5, 5.41) is 12.7. The van der Waals surface area contributed by atoms with Crippen LogP contribution in [0, 0.1) is 22.2 Å². The van der Waals surface area contributed by atoms with E-state index in [2.05, 4.69) is 9.99 Å². The van der Waals surface area contributed by atoms with E-state index in [-0.39, 0.29) is 40.9 Å². The number of nitrogens with two attached hydrogens (primary N) is 1. The monoisotopic (exact) mass is 724 g/mol. The van der Waals surface area contributed by atoms with Gasteiger partial charge in [-0.1, -0.05) is 65.0 Å². The molecule has 3 N–H and O–H groups in total. The molecule has 3 unspecified atom stereocenters. The van der Waals surface area contributed by atoms with Crippen LogP contribution in [0.15, 0.2) is 5.16 Å². The van der Waals surface area contributed by atoms with Crippen molar-refractivity contribution in [1.82, 2.24) is 0 Å². The van der Waals surface area contributed by atoms with Crippen LogP contribution in [-0.4, -0.2) is 65.5 Å². The first-order valence-corrected chi connectivity index (χ1v) is 19.3. The number of hydrogen-bond acceptors (Lipinski definition) is 11. The van der Waals surface area contributed by atoms with Crippen molar-refractivity contribution in [2.24, 2.45) is 33.1 Å². The third-order valence-corrected chi connectivity index (χ3v) is 10.2. The molecule has 0 aromatic heterocycles. The van der Waals surface area contributed by atoms with Crippen molar-refractivity contribution in [3.05, 3.63) is 0 Å². The maximum absolute atomic E-state index is 11.5. The van der Waals surface area contributed by atoms with E-state index in [1.165, 1.54) is 0 Å². The normalized spacial score (nSPS) is 29.2. The Kier molecular flexibility index (Phi) is 22.7. The molecule has 12 heteroatoms. The van der Waals surface area contributed by atoms with E-state index < -0.39 is 22.7 Å². The second-order valence-corrected chi connectivity index (χ2v) is 13.7. The number of carboxylic acid groups (broad SMARTS) is 1. The SMILES string of the molecule is CC.CC.CC12CCCCC1=NOC2=O.CCOC(=O)C1(C)CCCCC1=O.CCOC(=O)C1CCCCC1=O.C[C@@]1(C(=O)O)CCCC[C@@H]1N. The van der Waals surface area contributed by atoms with Crippen LogP contribution in [0.25, 0.3) is 0 Å². The van der Waals surface area contributed by atoms with Crippen LogP contribution in [0.4, 0.5) is 0 Å². The maximum atomic E-state index is 11.5. The van der Waals surface area contributed by atoms with Gasteiger partial charge in [0.05, 0.1) is 24.3 Å². The summed E-state index contributed by atoms with van der Waals surface area (Å²) in [5.41, 5.74) is 4.80. The summed E-state index contributed by atoms with van der Waals surface area (Å²) in [6.07, 6.45) is 13.9. The molecular weight excluding hydrogens is 656 g/mol. The van der Waals surface area contributed by atoms with E-state index in [4.69, 9.17) is 20.3 Å². The summed E-state index contributed by atoms with van der Waals surface area (Å²) in [6, 6.07) is -0.159. The van der Waals surface area contributed by atoms with Crippen molar-refractivity contribution in [1.29, 1.82) is 0 Å². The minimum absolute atomic E-state index is 0.0391. The highest BCUT2D eigenvalue weighted by molar-refractivity contribution is 6.09. The second-order valence-electron chi connectivity index (χ2n) is 13.7. The van der Waals surface area contributed by atoms with Gasteiger partial charge in [0.1, 0.15) is 28.3 Å². The number of aliphatic carboxylic acids is 1. The Hall–Kier alpha value is -3.15. The van der Waals surface area contributed by atoms with E-state index in [1.54, 1.807) is 27.7 Å². The fourth-order valence-electron chi connectivity index (χ4n) is 6.54. The zero-order chi connectivity index (χ0) is 39.3. The molecule has 4 saturated carbocycles. The lowest BCUT2D eigenvalue weighted by Gasteiger charge is -2.35. The molecule has 1 aliphatic heterocycles. The first-order chi connectivity index (χ1) is 24.2. The highest BCUT2D eigenvalue weighted by Crippen LogP contribution is 2.38. The van der Waals surface area contributed by atoms with Crippen molar-refractivity contribution in [3.63, 3.8) is 0 Å². The van der Waals surface area contributed by atoms with Crippen LogP contribution in [0.3, 0.4) is 0 Å². The smallest absolute Gasteiger partial charge is 0.346 e. The number of esters is 2. The lowest BCUT2D eigenvalue weighted by atomic mass is 9.72. The number of Topliss-reactive ketones (excluding diaryl/α,β-unsaturated/α-hetero) is 2. The van der Waals surface area contributed by atoms with Gasteiger partial charge in [-0.3, -0.25) is 24.0 Å². The van der Waals surface area contributed by atoms with Gasteiger partial charge in [0.25, 0.3) is 0 Å². The predicted molar refractivity (Wildman–Crippen MR) is 197 cm³/mol. The Balaban J connectivity index is 0.000000633. The summed E-state index contributed by atoms with van der Waals surface area (Å²) >= 11 is 0. The Labute approximate surface area is 306 Å². The van der Waals surface area contributed by atoms with E-state index in [9.17, 15) is 28.8 Å². The summed E-state index contributed by atoms with van der Waals surface area (Å²) < 4.78 is 9.69. The molecule has 4 fully saturated rings. The Morgan fingerprint density at radius 2 is 1.33 bits per heavy atom. The molecule has 5 rings (SSSR count). The van der Waals surface area contributed by atoms with E-state index >= 15 is 0 Å². The van der Waals surface area contributed by atoms with Gasteiger partial charge in [-0.15, -0.1) is 0 Å². The average Bonchev–Trinajstić information content (AvgIpc) is 3.44. The van der Waals surface area contributed by atoms with Gasteiger partial charge >= 0.3 is 23.9 Å². The molecule has 0 radical (unpaired) electrons. The van der Waals surface area contributed by atoms with Crippen LogP contribution in [0.1, 0.15) is 165 Å². The van der Waals surface area contributed by atoms with Crippen molar-refractivity contribution < 1.29 is 48.2 Å². The highest BCUT2D eigenvalue weighted by Gasteiger charge is 2.46. The number of rotatable bonds is 5. The van der Waals surface area contributed by atoms with Gasteiger partial charge < -0.3 is 25.2 Å². The standard InChI is InChI=1S/C10H16O3.C9H14O3.C8H11NO2.C8H15NO2.2C2H6/c1-3-13-9(12)10(2)7-5-4-6-8(10)11;1-2-12-9(11)7-5-3-4-6-8(7)10;1-8-5-3-2-4-6(8)9-11-7(8)10;1-8(7(10)11)5-3-2-4-6(8)9;2*1-2/h3-7H2,1-2H3;7H,2-6H2,1H3;2-5H2,1H3;6H,2-5,9H2,1H3,(H,10,11);2*1-2H3/t;;;6-,8+;;/m...0../s1. The Bertz CT molecular complexity index is 1170. The highest BCUT2D eigenvalue weighted by atomic mass is 16.7. The number of ketones is 2. The van der Waals surface area contributed by atoms with Gasteiger partial charge in [0, 0.05) is 18.9 Å². The van der Waals surface area contributed by atoms with Crippen LogP contribution in [0.2, 0.25) is 0 Å². The summed E-state index contributed by atoms with van der Waals surface area (Å²) in [4.78, 5) is 72.0. The third kappa shape index (κ3) is 13.7. The number of fused-ring (bicyclic) bond motifs is 1. The molecule has 0 aromatic carbocycles. The Morgan fingerprint density at radius 3 is 1.84 bits per heavy atom. The van der Waals surface area contributed by atoms with E-state index in [0.29, 0.717) is 38.9 Å². The molecule has 0 spiro atoms. The zero-order valence-corrected chi connectivity index (χ0v) is 33.0. The Morgan fingerprint density at radius 1 is 0.784 bits per heavy atom. The van der Waals surface area contributed by atoms with Crippen molar-refractivity contribution in [2.45, 2.75) is 171 Å². The number of ether oxygens (including phenoxy) is 2. The topological polar surface area (TPSA) is 189 Å². The summed E-state index contributed by atoms with van der Waals surface area (Å²) in [6.45, 7) is 17.6. The molecule has 1 heterocycles. The number of hydrogen-bond donors (Lipinski definition) is 2. The minimum Gasteiger partial charge on any atom is -0.481 e. The molecule has 0 amide bonds. The van der Waals surface area contributed by atoms with E-state index in [1.807, 2.05) is 34.6 Å². The van der Waals surface area contributed by atoms with Crippen LogP contribution < -0.4 is 5.73 Å². The number of nitrogens with zero attached hydrogens (tertiary/aromatic N) is 1. The van der Waals surface area contributed by atoms with Crippen molar-refractivity contribution >= 4 is 41.2 Å². The summed E-state index contributed by atoms with van der Waals surface area (Å²) in [7, 11) is 0. The van der Waals surface area contributed by atoms with Gasteiger partial charge in [-0.2, -0.15) is 0 Å². The van der Waals surface area contributed by atoms with Gasteiger partial charge in [0.2, 0.25) is 0 Å². The lowest BCUT2D eigenvalue weighted by molar-refractivity contribution is -0.161. The fourth-order valence-corrected chi connectivity index (χ4v) is 6.54. The van der Waals surface area contributed by atoms with Gasteiger partial charge in [0.15, 0.2) is 0 Å². The molecule has 0 saturated heterocycles. The number of carbonyl (C=O) groups is 6. The lowest BCUT2D eigenvalue weighted by Crippen LogP contribution is -2.47. The van der Waals surface area contributed by atoms with Gasteiger partial charge in [-0.25, -0.2) is 4.79 Å². The van der Waals surface area contributed by atoms with Crippen LogP contribution in [0.5, 0.6) is 0 Å². The minimum atomic E-state index is -0.853. The average molecular weight is 725 g/mol. The maximum Gasteiger partial charge on any atom is 0.346 e. The third-order valence-electron chi connectivity index (χ3n) is 10.2. The largest absolute Gasteiger partial charge is 0.481 e. The molecule has 0 bridgehead atoms. The quantitative estimate of drug-likeness (QED) is 0.162. The molecule has 0 aromatic rings. The van der Waals surface area contributed by atoms with Crippen LogP contribution in [-0.2, 0) is 43.1 Å². The molecule has 5 atom stereocenters. The first-order valence-electron chi connectivity index (χ1n) is 19.3. The summed E-state index contributed by atoms with van der Waals surface area (Å²) in [5.74, 6) is -1.95. The van der Waals surface area contributed by atoms with Crippen LogP contribution >= 0.6 is 0 Å².